The van der Waals surface area contributed by atoms with Crippen LogP contribution >= 0.6 is 0 Å². The lowest BCUT2D eigenvalue weighted by molar-refractivity contribution is -0.134. The van der Waals surface area contributed by atoms with Crippen LogP contribution in [0.2, 0.25) is 0 Å². The fraction of sp³-hybridized carbons (Fsp3) is 0.308. The monoisotopic (exact) mass is 323 g/mol. The molecule has 1 aliphatic rings. The molecule has 0 bridgehead atoms. The average Bonchev–Trinajstić information content (AvgIpc) is 2.80. The number of likely N-dealkylation sites (tertiary alicyclic amines) is 1. The van der Waals surface area contributed by atoms with E-state index in [0.717, 1.165) is 5.56 Å². The maximum absolute atomic E-state index is 12.2. The number of benzene rings is 1. The second kappa shape index (κ2) is 6.13. The molecule has 0 radical (unpaired) electrons. The third-order valence-corrected chi connectivity index (χ3v) is 4.25. The van der Waals surface area contributed by atoms with Gasteiger partial charge in [0.1, 0.15) is 6.04 Å². The number of nitrogens with zero attached hydrogens (tertiary/aromatic N) is 3. The summed E-state index contributed by atoms with van der Waals surface area (Å²) < 4.78 is 31.3. The van der Waals surface area contributed by atoms with Crippen LogP contribution in [0.15, 0.2) is 24.3 Å². The average molecular weight is 323 g/mol. The molecule has 0 unspecified atom stereocenters. The summed E-state index contributed by atoms with van der Waals surface area (Å²) in [5.74, 6) is -0.563. The van der Waals surface area contributed by atoms with Crippen molar-refractivity contribution in [2.24, 2.45) is 0 Å². The van der Waals surface area contributed by atoms with Gasteiger partial charge in [-0.05, 0) is 24.1 Å². The number of amides is 2. The van der Waals surface area contributed by atoms with Gasteiger partial charge in [0.15, 0.2) is 0 Å². The fourth-order valence-electron chi connectivity index (χ4n) is 2.36. The molecule has 9 heteroatoms. The van der Waals surface area contributed by atoms with Crippen molar-refractivity contribution in [2.45, 2.75) is 19.0 Å². The summed E-state index contributed by atoms with van der Waals surface area (Å²) in [5, 5.41) is 8.84. The van der Waals surface area contributed by atoms with Crippen molar-refractivity contribution in [3.05, 3.63) is 35.4 Å². The summed E-state index contributed by atoms with van der Waals surface area (Å²) in [6.45, 7) is 0.448. The minimum Gasteiger partial charge on any atom is -0.336 e. The molecule has 2 rings (SSSR count). The van der Waals surface area contributed by atoms with Crippen molar-refractivity contribution in [3.8, 4) is 6.07 Å². The van der Waals surface area contributed by atoms with Crippen molar-refractivity contribution >= 4 is 22.6 Å². The van der Waals surface area contributed by atoms with Crippen LogP contribution in [0, 0.1) is 11.3 Å². The topological polar surface area (TPSA) is 119 Å². The van der Waals surface area contributed by atoms with E-state index in [-0.39, 0.29) is 30.2 Å². The van der Waals surface area contributed by atoms with Gasteiger partial charge in [0.2, 0.25) is 12.3 Å². The van der Waals surface area contributed by atoms with Crippen molar-refractivity contribution in [3.63, 3.8) is 0 Å². The highest BCUT2D eigenvalue weighted by Gasteiger charge is 2.40. The van der Waals surface area contributed by atoms with Crippen LogP contribution in [0.1, 0.15) is 17.5 Å². The molecule has 1 aromatic carbocycles. The third kappa shape index (κ3) is 3.24. The van der Waals surface area contributed by atoms with Gasteiger partial charge in [-0.3, -0.25) is 14.1 Å². The number of nitriles is 1. The quantitative estimate of drug-likeness (QED) is 0.598. The van der Waals surface area contributed by atoms with Crippen molar-refractivity contribution in [2.75, 3.05) is 6.54 Å². The SMILES string of the molecule is N#Cc1cccc(CN2CC[C@H](N(C=O)S(=O)(=O)O)C2=O)c1. The molecular weight excluding hydrogens is 310 g/mol. The zero-order valence-corrected chi connectivity index (χ0v) is 12.2. The minimum atomic E-state index is -4.76. The number of rotatable bonds is 5. The number of carbonyl (C=O) groups excluding carboxylic acids is 2. The lowest BCUT2D eigenvalue weighted by atomic mass is 10.1. The summed E-state index contributed by atoms with van der Waals surface area (Å²) in [7, 11) is -4.76. The summed E-state index contributed by atoms with van der Waals surface area (Å²) in [6, 6.07) is 7.43. The van der Waals surface area contributed by atoms with Gasteiger partial charge < -0.3 is 4.90 Å². The molecule has 1 fully saturated rings. The molecular formula is C13H13N3O5S. The predicted molar refractivity (Wildman–Crippen MR) is 74.4 cm³/mol. The maximum atomic E-state index is 12.2. The molecule has 0 aliphatic carbocycles. The molecule has 0 saturated carbocycles. The van der Waals surface area contributed by atoms with Crippen LogP contribution in [0.5, 0.6) is 0 Å². The molecule has 0 aromatic heterocycles. The van der Waals surface area contributed by atoms with E-state index in [0.29, 0.717) is 5.56 Å². The van der Waals surface area contributed by atoms with Crippen LogP contribution in [0.4, 0.5) is 0 Å². The Morgan fingerprint density at radius 3 is 2.82 bits per heavy atom. The first-order chi connectivity index (χ1) is 10.4. The Bertz CT molecular complexity index is 740. The van der Waals surface area contributed by atoms with E-state index < -0.39 is 22.3 Å². The lowest BCUT2D eigenvalue weighted by Gasteiger charge is -2.21. The van der Waals surface area contributed by atoms with E-state index in [9.17, 15) is 18.0 Å². The molecule has 1 heterocycles. The van der Waals surface area contributed by atoms with Crippen LogP contribution in [-0.2, 0) is 26.4 Å². The lowest BCUT2D eigenvalue weighted by Crippen LogP contribution is -2.44. The van der Waals surface area contributed by atoms with Crippen molar-refractivity contribution in [1.29, 1.82) is 5.26 Å². The normalized spacial score (nSPS) is 18.1. The van der Waals surface area contributed by atoms with Gasteiger partial charge in [-0.15, -0.1) is 0 Å². The Labute approximate surface area is 127 Å². The van der Waals surface area contributed by atoms with E-state index in [1.807, 2.05) is 6.07 Å². The highest BCUT2D eigenvalue weighted by Crippen LogP contribution is 2.20. The Kier molecular flexibility index (Phi) is 4.44. The van der Waals surface area contributed by atoms with Gasteiger partial charge in [-0.2, -0.15) is 13.7 Å². The Morgan fingerprint density at radius 2 is 2.23 bits per heavy atom. The Balaban J connectivity index is 2.15. The molecule has 1 atom stereocenters. The standard InChI is InChI=1S/C13H13N3O5S/c14-7-10-2-1-3-11(6-10)8-15-5-4-12(13(15)18)16(9-17)22(19,20)21/h1-3,6,9,12H,4-5,8H2,(H,19,20,21)/t12-/m0/s1. The predicted octanol–water partition coefficient (Wildman–Crippen LogP) is -0.0796. The summed E-state index contributed by atoms with van der Waals surface area (Å²) in [4.78, 5) is 24.4. The number of hydrogen-bond acceptors (Lipinski definition) is 5. The summed E-state index contributed by atoms with van der Waals surface area (Å²) in [5.41, 5.74) is 1.17. The largest absolute Gasteiger partial charge is 0.362 e. The smallest absolute Gasteiger partial charge is 0.336 e. The number of carbonyl (C=O) groups is 2. The van der Waals surface area contributed by atoms with Crippen LogP contribution < -0.4 is 0 Å². The highest BCUT2D eigenvalue weighted by molar-refractivity contribution is 7.83. The molecule has 8 nitrogen and oxygen atoms in total. The molecule has 2 amide bonds. The van der Waals surface area contributed by atoms with Gasteiger partial charge in [-0.25, -0.2) is 4.31 Å². The minimum absolute atomic E-state index is 0.0717. The first-order valence-corrected chi connectivity index (χ1v) is 7.75. The van der Waals surface area contributed by atoms with E-state index in [2.05, 4.69) is 0 Å². The van der Waals surface area contributed by atoms with Crippen LogP contribution in [-0.4, -0.2) is 47.1 Å². The molecule has 0 spiro atoms. The Hall–Kier alpha value is -2.44. The molecule has 1 saturated heterocycles. The van der Waals surface area contributed by atoms with E-state index in [1.54, 1.807) is 24.3 Å². The van der Waals surface area contributed by atoms with Crippen molar-refractivity contribution in [1.82, 2.24) is 9.21 Å². The molecule has 1 aliphatic heterocycles. The van der Waals surface area contributed by atoms with Crippen LogP contribution in [0.25, 0.3) is 0 Å². The summed E-state index contributed by atoms with van der Waals surface area (Å²) >= 11 is 0. The zero-order chi connectivity index (χ0) is 16.3. The molecule has 22 heavy (non-hydrogen) atoms. The second-order valence-corrected chi connectivity index (χ2v) is 6.11. The molecule has 116 valence electrons. The number of hydrogen-bond donors (Lipinski definition) is 1. The van der Waals surface area contributed by atoms with Gasteiger partial charge in [0, 0.05) is 13.1 Å². The van der Waals surface area contributed by atoms with Crippen LogP contribution in [0.3, 0.4) is 0 Å². The third-order valence-electron chi connectivity index (χ3n) is 3.38. The fourth-order valence-corrected chi connectivity index (χ4v) is 2.99. The van der Waals surface area contributed by atoms with E-state index in [4.69, 9.17) is 9.81 Å². The van der Waals surface area contributed by atoms with E-state index >= 15 is 0 Å². The second-order valence-electron chi connectivity index (χ2n) is 4.79. The van der Waals surface area contributed by atoms with Gasteiger partial charge >= 0.3 is 10.3 Å². The van der Waals surface area contributed by atoms with Crippen molar-refractivity contribution < 1.29 is 22.6 Å². The maximum Gasteiger partial charge on any atom is 0.362 e. The van der Waals surface area contributed by atoms with E-state index in [1.165, 1.54) is 4.90 Å². The summed E-state index contributed by atoms with van der Waals surface area (Å²) in [6.07, 6.45) is 0.0347. The Morgan fingerprint density at radius 1 is 1.50 bits per heavy atom. The van der Waals surface area contributed by atoms with Gasteiger partial charge in [-0.1, -0.05) is 12.1 Å². The highest BCUT2D eigenvalue weighted by atomic mass is 32.2. The van der Waals surface area contributed by atoms with Gasteiger partial charge in [0.25, 0.3) is 0 Å². The van der Waals surface area contributed by atoms with Gasteiger partial charge in [0.05, 0.1) is 11.6 Å². The molecule has 1 aromatic rings. The zero-order valence-electron chi connectivity index (χ0n) is 11.4. The first kappa shape index (κ1) is 15.9. The molecule has 1 N–H and O–H groups in total. The first-order valence-electron chi connectivity index (χ1n) is 6.36.